The van der Waals surface area contributed by atoms with Crippen LogP contribution < -0.4 is 4.74 Å². The van der Waals surface area contributed by atoms with Gasteiger partial charge in [-0.1, -0.05) is 35.9 Å². The first-order valence-electron chi connectivity index (χ1n) is 8.43. The van der Waals surface area contributed by atoms with E-state index >= 15 is 0 Å². The molecule has 0 aromatic heterocycles. The van der Waals surface area contributed by atoms with Crippen LogP contribution >= 0.6 is 11.6 Å². The third-order valence-electron chi connectivity index (χ3n) is 4.40. The summed E-state index contributed by atoms with van der Waals surface area (Å²) in [5, 5.41) is 0.683. The van der Waals surface area contributed by atoms with E-state index in [-0.39, 0.29) is 12.0 Å². The zero-order valence-electron chi connectivity index (χ0n) is 14.3. The fraction of sp³-hybridized carbons (Fsp3) is 0.350. The second kappa shape index (κ2) is 8.37. The van der Waals surface area contributed by atoms with E-state index in [0.717, 1.165) is 16.9 Å². The summed E-state index contributed by atoms with van der Waals surface area (Å²) >= 11 is 6.06. The van der Waals surface area contributed by atoms with Gasteiger partial charge in [0.2, 0.25) is 5.91 Å². The normalized spacial score (nSPS) is 17.4. The first-order valence-corrected chi connectivity index (χ1v) is 8.81. The van der Waals surface area contributed by atoms with Crippen LogP contribution in [0.1, 0.15) is 23.7 Å². The van der Waals surface area contributed by atoms with Gasteiger partial charge in [0, 0.05) is 18.0 Å². The van der Waals surface area contributed by atoms with Gasteiger partial charge in [0.25, 0.3) is 0 Å². The lowest BCUT2D eigenvalue weighted by Crippen LogP contribution is -2.42. The maximum Gasteiger partial charge on any atom is 0.223 e. The Bertz CT molecular complexity index is 734. The lowest BCUT2D eigenvalue weighted by molar-refractivity contribution is -0.139. The molecule has 1 unspecified atom stereocenters. The molecule has 2 aromatic carbocycles. The van der Waals surface area contributed by atoms with Crippen molar-refractivity contribution >= 4 is 17.5 Å². The second-order valence-corrected chi connectivity index (χ2v) is 6.54. The van der Waals surface area contributed by atoms with Gasteiger partial charge in [-0.15, -0.1) is 0 Å². The Morgan fingerprint density at radius 1 is 1.28 bits per heavy atom. The summed E-state index contributed by atoms with van der Waals surface area (Å²) in [5.74, 6) is 0.968. The highest BCUT2D eigenvalue weighted by Crippen LogP contribution is 2.25. The van der Waals surface area contributed by atoms with Gasteiger partial charge in [-0.3, -0.25) is 4.79 Å². The van der Waals surface area contributed by atoms with Crippen molar-refractivity contribution in [1.29, 1.82) is 0 Å². The molecule has 1 atom stereocenters. The summed E-state index contributed by atoms with van der Waals surface area (Å²) in [7, 11) is 1.65. The Hall–Kier alpha value is -2.04. The Morgan fingerprint density at radius 2 is 2.12 bits per heavy atom. The summed E-state index contributed by atoms with van der Waals surface area (Å²) in [6, 6.07) is 15.5. The number of ether oxygens (including phenoxy) is 2. The molecule has 3 rings (SSSR count). The summed E-state index contributed by atoms with van der Waals surface area (Å²) < 4.78 is 11.1. The molecule has 0 N–H and O–H groups in total. The predicted molar refractivity (Wildman–Crippen MR) is 98.0 cm³/mol. The zero-order valence-corrected chi connectivity index (χ0v) is 15.0. The zero-order chi connectivity index (χ0) is 17.6. The molecule has 5 heteroatoms. The maximum atomic E-state index is 12.6. The minimum absolute atomic E-state index is 0.117. The molecule has 1 saturated heterocycles. The summed E-state index contributed by atoms with van der Waals surface area (Å²) in [4.78, 5) is 14.5. The number of rotatable bonds is 5. The minimum Gasteiger partial charge on any atom is -0.497 e. The molecule has 2 aromatic rings. The number of hydrogen-bond donors (Lipinski definition) is 0. The number of benzene rings is 2. The van der Waals surface area contributed by atoms with Crippen LogP contribution in [0.3, 0.4) is 0 Å². The average molecular weight is 360 g/mol. The van der Waals surface area contributed by atoms with Crippen LogP contribution in [0.15, 0.2) is 48.5 Å². The standard InChI is InChI=1S/C20H22ClNO3/c1-24-18-7-2-4-15(12-18)8-9-20(23)22-10-11-25-19(14-22)16-5-3-6-17(21)13-16/h2-7,12-13,19H,8-11,14H2,1H3. The Kier molecular flexibility index (Phi) is 5.95. The van der Waals surface area contributed by atoms with E-state index in [2.05, 4.69) is 0 Å². The number of halogens is 1. The fourth-order valence-electron chi connectivity index (χ4n) is 3.02. The van der Waals surface area contributed by atoms with Crippen molar-refractivity contribution in [2.75, 3.05) is 26.8 Å². The molecule has 1 aliphatic heterocycles. The number of carbonyl (C=O) groups is 1. The maximum absolute atomic E-state index is 12.6. The molecule has 0 bridgehead atoms. The quantitative estimate of drug-likeness (QED) is 0.813. The number of aryl methyl sites for hydroxylation is 1. The Balaban J connectivity index is 1.58. The van der Waals surface area contributed by atoms with Gasteiger partial charge in [-0.05, 0) is 41.8 Å². The smallest absolute Gasteiger partial charge is 0.223 e. The molecule has 0 radical (unpaired) electrons. The minimum atomic E-state index is -0.117. The van der Waals surface area contributed by atoms with E-state index in [4.69, 9.17) is 21.1 Å². The average Bonchev–Trinajstić information content (AvgIpc) is 2.66. The topological polar surface area (TPSA) is 38.8 Å². The van der Waals surface area contributed by atoms with Gasteiger partial charge >= 0.3 is 0 Å². The Labute approximate surface area is 153 Å². The summed E-state index contributed by atoms with van der Waals surface area (Å²) in [5.41, 5.74) is 2.12. The van der Waals surface area contributed by atoms with E-state index in [0.29, 0.717) is 37.6 Å². The molecular weight excluding hydrogens is 338 g/mol. The van der Waals surface area contributed by atoms with E-state index in [1.165, 1.54) is 0 Å². The van der Waals surface area contributed by atoms with Gasteiger partial charge in [0.15, 0.2) is 0 Å². The van der Waals surface area contributed by atoms with Gasteiger partial charge in [-0.2, -0.15) is 0 Å². The van der Waals surface area contributed by atoms with E-state index in [1.807, 2.05) is 53.4 Å². The largest absolute Gasteiger partial charge is 0.497 e. The van der Waals surface area contributed by atoms with Gasteiger partial charge < -0.3 is 14.4 Å². The molecule has 1 amide bonds. The molecule has 1 aliphatic rings. The van der Waals surface area contributed by atoms with Crippen molar-refractivity contribution < 1.29 is 14.3 Å². The van der Waals surface area contributed by atoms with Crippen LogP contribution in [0, 0.1) is 0 Å². The monoisotopic (exact) mass is 359 g/mol. The Morgan fingerprint density at radius 3 is 2.92 bits per heavy atom. The van der Waals surface area contributed by atoms with Crippen molar-refractivity contribution in [3.63, 3.8) is 0 Å². The van der Waals surface area contributed by atoms with Gasteiger partial charge in [0.1, 0.15) is 11.9 Å². The first-order chi connectivity index (χ1) is 12.2. The molecule has 4 nitrogen and oxygen atoms in total. The number of nitrogens with zero attached hydrogens (tertiary/aromatic N) is 1. The second-order valence-electron chi connectivity index (χ2n) is 6.11. The first kappa shape index (κ1) is 17.8. The molecular formula is C20H22ClNO3. The molecule has 0 saturated carbocycles. The van der Waals surface area contributed by atoms with Crippen molar-refractivity contribution in [2.45, 2.75) is 18.9 Å². The number of morpholine rings is 1. The van der Waals surface area contributed by atoms with Crippen LogP contribution in [0.4, 0.5) is 0 Å². The molecule has 1 fully saturated rings. The van der Waals surface area contributed by atoms with Crippen LogP contribution in [-0.4, -0.2) is 37.6 Å². The number of carbonyl (C=O) groups excluding carboxylic acids is 1. The van der Waals surface area contributed by atoms with Crippen molar-refractivity contribution in [2.24, 2.45) is 0 Å². The lowest BCUT2D eigenvalue weighted by atomic mass is 10.1. The van der Waals surface area contributed by atoms with Gasteiger partial charge in [0.05, 0.1) is 20.3 Å². The van der Waals surface area contributed by atoms with Crippen LogP contribution in [0.25, 0.3) is 0 Å². The number of amides is 1. The highest BCUT2D eigenvalue weighted by molar-refractivity contribution is 6.30. The van der Waals surface area contributed by atoms with Crippen LogP contribution in [0.5, 0.6) is 5.75 Å². The molecule has 0 spiro atoms. The predicted octanol–water partition coefficient (Wildman–Crippen LogP) is 3.88. The highest BCUT2D eigenvalue weighted by atomic mass is 35.5. The van der Waals surface area contributed by atoms with Gasteiger partial charge in [-0.25, -0.2) is 0 Å². The van der Waals surface area contributed by atoms with E-state index in [9.17, 15) is 4.79 Å². The molecule has 0 aliphatic carbocycles. The van der Waals surface area contributed by atoms with Crippen molar-refractivity contribution in [1.82, 2.24) is 4.90 Å². The SMILES string of the molecule is COc1cccc(CCC(=O)N2CCOC(c3cccc(Cl)c3)C2)c1. The van der Waals surface area contributed by atoms with E-state index in [1.54, 1.807) is 7.11 Å². The van der Waals surface area contributed by atoms with Crippen LogP contribution in [-0.2, 0) is 16.0 Å². The van der Waals surface area contributed by atoms with Crippen molar-refractivity contribution in [3.8, 4) is 5.75 Å². The third-order valence-corrected chi connectivity index (χ3v) is 4.64. The lowest BCUT2D eigenvalue weighted by Gasteiger charge is -2.33. The summed E-state index contributed by atoms with van der Waals surface area (Å²) in [6.07, 6.45) is 1.07. The third kappa shape index (κ3) is 4.74. The molecule has 25 heavy (non-hydrogen) atoms. The highest BCUT2D eigenvalue weighted by Gasteiger charge is 2.25. The summed E-state index contributed by atoms with van der Waals surface area (Å²) in [6.45, 7) is 1.74. The van der Waals surface area contributed by atoms with Crippen molar-refractivity contribution in [3.05, 3.63) is 64.7 Å². The molecule has 1 heterocycles. The molecule has 132 valence electrons. The number of methoxy groups -OCH3 is 1. The van der Waals surface area contributed by atoms with Crippen LogP contribution in [0.2, 0.25) is 5.02 Å². The number of hydrogen-bond acceptors (Lipinski definition) is 3. The fourth-order valence-corrected chi connectivity index (χ4v) is 3.22. The van der Waals surface area contributed by atoms with E-state index < -0.39 is 0 Å².